The lowest BCUT2D eigenvalue weighted by atomic mass is 10.3. The molecule has 0 aliphatic heterocycles. The molecule has 0 heterocycles. The van der Waals surface area contributed by atoms with E-state index in [4.69, 9.17) is 5.26 Å². The van der Waals surface area contributed by atoms with Crippen molar-refractivity contribution < 1.29 is 36.5 Å². The molecular formula is C7H5F4NO4S2. The highest BCUT2D eigenvalue weighted by atomic mass is 32.2. The Hall–Kier alpha value is -0.560. The van der Waals surface area contributed by atoms with Crippen LogP contribution in [0.4, 0.5) is 17.6 Å². The molecule has 5 nitrogen and oxygen atoms in total. The zero-order chi connectivity index (χ0) is 13.7. The Labute approximate surface area is 107 Å². The van der Waals surface area contributed by atoms with Gasteiger partial charge in [-0.3, -0.25) is 0 Å². The molecule has 1 aromatic rings. The van der Waals surface area contributed by atoms with E-state index in [9.17, 15) is 17.6 Å². The van der Waals surface area contributed by atoms with Crippen LogP contribution >= 0.6 is 24.1 Å². The highest BCUT2D eigenvalue weighted by Crippen LogP contribution is 2.36. The smallest absolute Gasteiger partial charge is 0.179 e. The molecule has 0 spiro atoms. The van der Waals surface area contributed by atoms with Crippen LogP contribution in [0.15, 0.2) is 9.79 Å². The van der Waals surface area contributed by atoms with Crippen LogP contribution in [0.5, 0.6) is 0 Å². The lowest BCUT2D eigenvalue weighted by molar-refractivity contribution is -0.432. The van der Waals surface area contributed by atoms with Crippen LogP contribution in [0, 0.1) is 23.3 Å². The number of halogens is 4. The minimum absolute atomic E-state index is 0.0627. The monoisotopic (exact) mass is 307 g/mol. The number of hydrogen-bond acceptors (Lipinski definition) is 7. The van der Waals surface area contributed by atoms with Crippen molar-refractivity contribution in [3.05, 3.63) is 23.3 Å². The Kier molecular flexibility index (Phi) is 6.14. The van der Waals surface area contributed by atoms with Gasteiger partial charge in [0.25, 0.3) is 0 Å². The summed E-state index contributed by atoms with van der Waals surface area (Å²) < 4.78 is 61.5. The minimum Gasteiger partial charge on any atom is -0.226 e. The first-order valence-electron chi connectivity index (χ1n) is 4.05. The standard InChI is InChI=1S/C7H5F4NO4S2/c1-12-14-17-6-2(8)4(10)7(18-16-15-13)5(11)3(6)9/h12-13H,1H3. The number of hydroxylamine groups is 1. The lowest BCUT2D eigenvalue weighted by Crippen LogP contribution is -2.05. The molecule has 0 unspecified atom stereocenters. The van der Waals surface area contributed by atoms with Gasteiger partial charge in [0.15, 0.2) is 23.3 Å². The van der Waals surface area contributed by atoms with Crippen LogP contribution in [-0.2, 0) is 13.7 Å². The van der Waals surface area contributed by atoms with Gasteiger partial charge >= 0.3 is 0 Å². The molecule has 0 amide bonds. The molecule has 11 heteroatoms. The van der Waals surface area contributed by atoms with Gasteiger partial charge in [-0.1, -0.05) is 5.04 Å². The molecular weight excluding hydrogens is 302 g/mol. The molecule has 0 saturated carbocycles. The third-order valence-electron chi connectivity index (χ3n) is 1.54. The number of benzene rings is 1. The van der Waals surface area contributed by atoms with E-state index in [1.54, 1.807) is 0 Å². The first-order valence-corrected chi connectivity index (χ1v) is 5.53. The highest BCUT2D eigenvalue weighted by Gasteiger charge is 2.27. The third-order valence-corrected chi connectivity index (χ3v) is 2.97. The van der Waals surface area contributed by atoms with E-state index in [0.29, 0.717) is 0 Å². The van der Waals surface area contributed by atoms with Crippen molar-refractivity contribution in [3.63, 3.8) is 0 Å². The van der Waals surface area contributed by atoms with Gasteiger partial charge in [-0.2, -0.15) is 5.48 Å². The van der Waals surface area contributed by atoms with Crippen molar-refractivity contribution in [2.75, 3.05) is 7.05 Å². The van der Waals surface area contributed by atoms with Crippen LogP contribution in [0.3, 0.4) is 0 Å². The molecule has 18 heavy (non-hydrogen) atoms. The average Bonchev–Trinajstić information content (AvgIpc) is 2.37. The van der Waals surface area contributed by atoms with E-state index >= 15 is 0 Å². The van der Waals surface area contributed by atoms with Gasteiger partial charge in [0.05, 0.1) is 24.1 Å². The second kappa shape index (κ2) is 7.13. The van der Waals surface area contributed by atoms with Gasteiger partial charge in [-0.05, 0) is 0 Å². The largest absolute Gasteiger partial charge is 0.226 e. The summed E-state index contributed by atoms with van der Waals surface area (Å²) in [5.41, 5.74) is 2.06. The topological polar surface area (TPSA) is 60.0 Å². The molecule has 0 aliphatic carbocycles. The summed E-state index contributed by atoms with van der Waals surface area (Å²) in [6, 6.07) is 0. The molecule has 0 radical (unpaired) electrons. The number of hydrogen-bond donors (Lipinski definition) is 2. The van der Waals surface area contributed by atoms with Crippen molar-refractivity contribution in [1.82, 2.24) is 5.48 Å². The summed E-state index contributed by atoms with van der Waals surface area (Å²) in [5, 5.41) is 10.9. The number of rotatable bonds is 6. The van der Waals surface area contributed by atoms with Crippen molar-refractivity contribution in [2.45, 2.75) is 9.79 Å². The van der Waals surface area contributed by atoms with E-state index in [1.165, 1.54) is 7.05 Å². The van der Waals surface area contributed by atoms with Gasteiger partial charge in [-0.25, -0.2) is 27.1 Å². The lowest BCUT2D eigenvalue weighted by Gasteiger charge is -2.09. The van der Waals surface area contributed by atoms with Crippen molar-refractivity contribution in [3.8, 4) is 0 Å². The van der Waals surface area contributed by atoms with E-state index in [0.717, 1.165) is 0 Å². The Morgan fingerprint density at radius 1 is 0.944 bits per heavy atom. The predicted molar refractivity (Wildman–Crippen MR) is 52.9 cm³/mol. The van der Waals surface area contributed by atoms with E-state index < -0.39 is 33.1 Å². The van der Waals surface area contributed by atoms with Gasteiger partial charge in [0, 0.05) is 7.05 Å². The fraction of sp³-hybridized carbons (Fsp3) is 0.143. The first-order chi connectivity index (χ1) is 8.54. The maximum Gasteiger partial charge on any atom is 0.179 e. The SMILES string of the molecule is CNOSc1c(F)c(F)c(SOOO)c(F)c1F. The zero-order valence-corrected chi connectivity index (χ0v) is 10.1. The molecule has 0 aromatic heterocycles. The van der Waals surface area contributed by atoms with Crippen LogP contribution < -0.4 is 5.48 Å². The molecule has 0 fully saturated rings. The maximum absolute atomic E-state index is 13.4. The molecule has 0 bridgehead atoms. The second-order valence-electron chi connectivity index (χ2n) is 2.51. The molecule has 1 rings (SSSR count). The van der Waals surface area contributed by atoms with Crippen LogP contribution in [-0.4, -0.2) is 12.3 Å². The summed E-state index contributed by atoms with van der Waals surface area (Å²) >= 11 is -0.171. The van der Waals surface area contributed by atoms with Crippen molar-refractivity contribution in [1.29, 1.82) is 0 Å². The fourth-order valence-electron chi connectivity index (χ4n) is 0.870. The Morgan fingerprint density at radius 2 is 1.39 bits per heavy atom. The van der Waals surface area contributed by atoms with E-state index in [-0.39, 0.29) is 24.1 Å². The predicted octanol–water partition coefficient (Wildman–Crippen LogP) is 2.83. The average molecular weight is 307 g/mol. The van der Waals surface area contributed by atoms with Gasteiger partial charge in [0.2, 0.25) is 0 Å². The second-order valence-corrected chi connectivity index (χ2v) is 3.96. The Morgan fingerprint density at radius 3 is 1.78 bits per heavy atom. The van der Waals surface area contributed by atoms with Crippen LogP contribution in [0.25, 0.3) is 0 Å². The van der Waals surface area contributed by atoms with Gasteiger partial charge in [-0.15, -0.1) is 4.33 Å². The Balaban J connectivity index is 3.18. The van der Waals surface area contributed by atoms with E-state index in [2.05, 4.69) is 19.1 Å². The molecule has 0 aliphatic rings. The molecule has 0 atom stereocenters. The van der Waals surface area contributed by atoms with Crippen molar-refractivity contribution in [2.24, 2.45) is 0 Å². The quantitative estimate of drug-likeness (QED) is 0.275. The van der Waals surface area contributed by atoms with Gasteiger partial charge in [0.1, 0.15) is 9.79 Å². The summed E-state index contributed by atoms with van der Waals surface area (Å²) in [6.45, 7) is 0. The summed E-state index contributed by atoms with van der Waals surface area (Å²) in [4.78, 5) is -2.15. The van der Waals surface area contributed by atoms with Crippen LogP contribution in [0.2, 0.25) is 0 Å². The third kappa shape index (κ3) is 3.26. The van der Waals surface area contributed by atoms with Crippen molar-refractivity contribution >= 4 is 24.1 Å². The summed E-state index contributed by atoms with van der Waals surface area (Å²) in [6.07, 6.45) is 0. The minimum atomic E-state index is -1.71. The fourth-order valence-corrected chi connectivity index (χ4v) is 1.79. The molecule has 2 N–H and O–H groups in total. The molecule has 0 saturated heterocycles. The normalized spacial score (nSPS) is 11.0. The first kappa shape index (κ1) is 15.5. The van der Waals surface area contributed by atoms with Gasteiger partial charge < -0.3 is 0 Å². The Bertz CT molecular complexity index is 368. The summed E-state index contributed by atoms with van der Waals surface area (Å²) in [7, 11) is 1.28. The maximum atomic E-state index is 13.4. The number of nitrogens with one attached hydrogen (secondary N) is 1. The molecule has 1 aromatic carbocycles. The summed E-state index contributed by atoms with van der Waals surface area (Å²) in [5.74, 6) is -6.76. The zero-order valence-electron chi connectivity index (χ0n) is 8.50. The van der Waals surface area contributed by atoms with E-state index in [1.807, 2.05) is 0 Å². The molecule has 102 valence electrons. The highest BCUT2D eigenvalue weighted by molar-refractivity contribution is 7.95. The van der Waals surface area contributed by atoms with Crippen LogP contribution in [0.1, 0.15) is 0 Å².